The average molecular weight is 220 g/mol. The number of nitrogens with zero attached hydrogens (tertiary/aromatic N) is 1. The van der Waals surface area contributed by atoms with Gasteiger partial charge in [0.2, 0.25) is 0 Å². The van der Waals surface area contributed by atoms with Crippen LogP contribution in [0.1, 0.15) is 5.56 Å². The molecule has 2 aromatic carbocycles. The van der Waals surface area contributed by atoms with Gasteiger partial charge in [0, 0.05) is 11.8 Å². The number of benzene rings is 2. The van der Waals surface area contributed by atoms with Crippen molar-refractivity contribution in [3.05, 3.63) is 72.3 Å². The van der Waals surface area contributed by atoms with Crippen LogP contribution >= 0.6 is 0 Å². The average Bonchev–Trinajstić information content (AvgIpc) is 2.40. The van der Waals surface area contributed by atoms with E-state index in [1.165, 1.54) is 6.08 Å². The fourth-order valence-corrected chi connectivity index (χ4v) is 1.55. The van der Waals surface area contributed by atoms with Crippen LogP contribution in [0.25, 0.3) is 5.70 Å². The summed E-state index contributed by atoms with van der Waals surface area (Å²) in [6.45, 7) is 0. The second-order valence-electron chi connectivity index (χ2n) is 3.54. The minimum Gasteiger partial charge on any atom is -0.354 e. The fourth-order valence-electron chi connectivity index (χ4n) is 1.55. The molecule has 0 radical (unpaired) electrons. The second kappa shape index (κ2) is 5.53. The third-order valence-corrected chi connectivity index (χ3v) is 2.35. The summed E-state index contributed by atoms with van der Waals surface area (Å²) in [6, 6.07) is 21.7. The Kier molecular flexibility index (Phi) is 3.57. The number of anilines is 1. The summed E-state index contributed by atoms with van der Waals surface area (Å²) in [6.07, 6.45) is 1.52. The smallest absolute Gasteiger partial charge is 0.0934 e. The van der Waals surface area contributed by atoms with Gasteiger partial charge in [-0.3, -0.25) is 0 Å². The predicted molar refractivity (Wildman–Crippen MR) is 70.1 cm³/mol. The number of hydrogen-bond donors (Lipinski definition) is 1. The third-order valence-electron chi connectivity index (χ3n) is 2.35. The molecule has 0 aromatic heterocycles. The lowest BCUT2D eigenvalue weighted by Gasteiger charge is -2.09. The van der Waals surface area contributed by atoms with E-state index < -0.39 is 0 Å². The van der Waals surface area contributed by atoms with Gasteiger partial charge in [-0.15, -0.1) is 0 Å². The van der Waals surface area contributed by atoms with Gasteiger partial charge >= 0.3 is 0 Å². The molecule has 2 aromatic rings. The molecule has 0 amide bonds. The van der Waals surface area contributed by atoms with Gasteiger partial charge in [0.05, 0.1) is 11.8 Å². The van der Waals surface area contributed by atoms with E-state index in [0.717, 1.165) is 16.9 Å². The Balaban J connectivity index is 2.27. The molecular weight excluding hydrogens is 208 g/mol. The van der Waals surface area contributed by atoms with Crippen molar-refractivity contribution in [2.45, 2.75) is 0 Å². The molecule has 0 aliphatic rings. The van der Waals surface area contributed by atoms with E-state index in [9.17, 15) is 0 Å². The van der Waals surface area contributed by atoms with E-state index in [1.807, 2.05) is 60.7 Å². The van der Waals surface area contributed by atoms with Gasteiger partial charge < -0.3 is 5.32 Å². The van der Waals surface area contributed by atoms with E-state index in [0.29, 0.717) is 0 Å². The molecule has 0 saturated heterocycles. The fraction of sp³-hybridized carbons (Fsp3) is 0. The first-order valence-corrected chi connectivity index (χ1v) is 5.37. The van der Waals surface area contributed by atoms with Crippen molar-refractivity contribution in [1.29, 1.82) is 5.26 Å². The SMILES string of the molecule is N#C/C=C(/Nc1ccccc1)c1ccccc1. The lowest BCUT2D eigenvalue weighted by Crippen LogP contribution is -1.98. The number of rotatable bonds is 3. The second-order valence-corrected chi connectivity index (χ2v) is 3.54. The number of para-hydroxylation sites is 1. The first-order chi connectivity index (χ1) is 8.40. The van der Waals surface area contributed by atoms with Crippen molar-refractivity contribution in [2.75, 3.05) is 5.32 Å². The molecule has 0 aliphatic heterocycles. The molecular formula is C15H12N2. The summed E-state index contributed by atoms with van der Waals surface area (Å²) in [4.78, 5) is 0. The molecule has 1 N–H and O–H groups in total. The molecule has 82 valence electrons. The summed E-state index contributed by atoms with van der Waals surface area (Å²) >= 11 is 0. The normalized spacial score (nSPS) is 10.6. The Morgan fingerprint density at radius 1 is 0.941 bits per heavy atom. The van der Waals surface area contributed by atoms with E-state index in [1.54, 1.807) is 0 Å². The molecule has 2 nitrogen and oxygen atoms in total. The highest BCUT2D eigenvalue weighted by atomic mass is 14.9. The Bertz CT molecular complexity index is 536. The number of nitrogens with one attached hydrogen (secondary N) is 1. The van der Waals surface area contributed by atoms with Crippen LogP contribution in [0.3, 0.4) is 0 Å². The number of hydrogen-bond acceptors (Lipinski definition) is 2. The number of nitriles is 1. The maximum Gasteiger partial charge on any atom is 0.0934 e. The summed E-state index contributed by atoms with van der Waals surface area (Å²) in [7, 11) is 0. The highest BCUT2D eigenvalue weighted by Crippen LogP contribution is 2.17. The minimum atomic E-state index is 0.805. The lowest BCUT2D eigenvalue weighted by molar-refractivity contribution is 1.50. The van der Waals surface area contributed by atoms with Crippen molar-refractivity contribution >= 4 is 11.4 Å². The van der Waals surface area contributed by atoms with Crippen molar-refractivity contribution < 1.29 is 0 Å². The zero-order valence-corrected chi connectivity index (χ0v) is 9.30. The Morgan fingerprint density at radius 2 is 1.53 bits per heavy atom. The van der Waals surface area contributed by atoms with Crippen LogP contribution in [0.4, 0.5) is 5.69 Å². The lowest BCUT2D eigenvalue weighted by atomic mass is 10.1. The molecule has 17 heavy (non-hydrogen) atoms. The largest absolute Gasteiger partial charge is 0.354 e. The molecule has 2 heteroatoms. The maximum absolute atomic E-state index is 8.81. The number of allylic oxidation sites excluding steroid dienone is 1. The van der Waals surface area contributed by atoms with Gasteiger partial charge in [-0.25, -0.2) is 0 Å². The molecule has 0 aliphatic carbocycles. The molecule has 2 rings (SSSR count). The molecule has 0 saturated carbocycles. The van der Waals surface area contributed by atoms with Crippen LogP contribution in [0.2, 0.25) is 0 Å². The zero-order chi connectivity index (χ0) is 11.9. The minimum absolute atomic E-state index is 0.805. The molecule has 0 spiro atoms. The molecule has 0 bridgehead atoms. The monoisotopic (exact) mass is 220 g/mol. The third kappa shape index (κ3) is 2.96. The first-order valence-electron chi connectivity index (χ1n) is 5.37. The molecule has 0 atom stereocenters. The Labute approximate surface area is 101 Å². The standard InChI is InChI=1S/C15H12N2/c16-12-11-15(13-7-3-1-4-8-13)17-14-9-5-2-6-10-14/h1-11,17H/b15-11+. The van der Waals surface area contributed by atoms with Gasteiger partial charge in [-0.2, -0.15) is 5.26 Å². The van der Waals surface area contributed by atoms with Crippen molar-refractivity contribution in [3.8, 4) is 6.07 Å². The Morgan fingerprint density at radius 3 is 2.12 bits per heavy atom. The predicted octanol–water partition coefficient (Wildman–Crippen LogP) is 3.66. The van der Waals surface area contributed by atoms with Gasteiger partial charge in [0.15, 0.2) is 0 Å². The highest BCUT2D eigenvalue weighted by Gasteiger charge is 2.00. The van der Waals surface area contributed by atoms with Crippen molar-refractivity contribution in [2.24, 2.45) is 0 Å². The topological polar surface area (TPSA) is 35.8 Å². The Hall–Kier alpha value is -2.53. The highest BCUT2D eigenvalue weighted by molar-refractivity contribution is 5.77. The van der Waals surface area contributed by atoms with Crippen LogP contribution in [0, 0.1) is 11.3 Å². The van der Waals surface area contributed by atoms with E-state index >= 15 is 0 Å². The van der Waals surface area contributed by atoms with Crippen LogP contribution < -0.4 is 5.32 Å². The quantitative estimate of drug-likeness (QED) is 0.801. The van der Waals surface area contributed by atoms with Gasteiger partial charge in [-0.05, 0) is 17.7 Å². The van der Waals surface area contributed by atoms with Crippen LogP contribution in [-0.2, 0) is 0 Å². The summed E-state index contributed by atoms with van der Waals surface area (Å²) in [5.41, 5.74) is 2.77. The molecule has 0 fully saturated rings. The van der Waals surface area contributed by atoms with Gasteiger partial charge in [0.25, 0.3) is 0 Å². The van der Waals surface area contributed by atoms with E-state index in [-0.39, 0.29) is 0 Å². The molecule has 0 unspecified atom stereocenters. The zero-order valence-electron chi connectivity index (χ0n) is 9.30. The van der Waals surface area contributed by atoms with E-state index in [4.69, 9.17) is 5.26 Å². The van der Waals surface area contributed by atoms with Crippen LogP contribution in [0.15, 0.2) is 66.7 Å². The summed E-state index contributed by atoms with van der Waals surface area (Å²) in [5.74, 6) is 0. The summed E-state index contributed by atoms with van der Waals surface area (Å²) in [5, 5.41) is 12.0. The van der Waals surface area contributed by atoms with Crippen LogP contribution in [-0.4, -0.2) is 0 Å². The first kappa shape index (κ1) is 11.0. The van der Waals surface area contributed by atoms with Gasteiger partial charge in [-0.1, -0.05) is 48.5 Å². The summed E-state index contributed by atoms with van der Waals surface area (Å²) < 4.78 is 0. The van der Waals surface area contributed by atoms with Crippen molar-refractivity contribution in [3.63, 3.8) is 0 Å². The molecule has 0 heterocycles. The van der Waals surface area contributed by atoms with Crippen molar-refractivity contribution in [1.82, 2.24) is 0 Å². The maximum atomic E-state index is 8.81. The van der Waals surface area contributed by atoms with E-state index in [2.05, 4.69) is 11.4 Å². The van der Waals surface area contributed by atoms with Gasteiger partial charge in [0.1, 0.15) is 0 Å². The van der Waals surface area contributed by atoms with Crippen LogP contribution in [0.5, 0.6) is 0 Å².